The van der Waals surface area contributed by atoms with E-state index in [9.17, 15) is 22.8 Å². The lowest BCUT2D eigenvalue weighted by atomic mass is 10.0. The van der Waals surface area contributed by atoms with E-state index in [-0.39, 0.29) is 48.2 Å². The molecule has 0 unspecified atom stereocenters. The van der Waals surface area contributed by atoms with Crippen LogP contribution >= 0.6 is 11.6 Å². The highest BCUT2D eigenvalue weighted by Crippen LogP contribution is 2.30. The zero-order valence-electron chi connectivity index (χ0n) is 21.5. The SMILES string of the molecule is CCNC(=O)[C@H](Cc1ccccc1)N(Cc1cccc(Cl)c1)C(=O)CCCN1C(=O)c2ccccc2S1(=O)=O. The monoisotopic (exact) mass is 567 g/mol. The van der Waals surface area contributed by atoms with Crippen molar-refractivity contribution in [3.63, 3.8) is 0 Å². The first-order valence-corrected chi connectivity index (χ1v) is 14.6. The van der Waals surface area contributed by atoms with Gasteiger partial charge >= 0.3 is 0 Å². The van der Waals surface area contributed by atoms with Crippen molar-refractivity contribution in [2.24, 2.45) is 0 Å². The van der Waals surface area contributed by atoms with Crippen LogP contribution in [0.5, 0.6) is 0 Å². The molecule has 3 amide bonds. The minimum absolute atomic E-state index is 0.0249. The van der Waals surface area contributed by atoms with Gasteiger partial charge in [-0.15, -0.1) is 0 Å². The standard InChI is InChI=1S/C29H30ClN3O5S/c1-2-31-28(35)25(19-21-10-4-3-5-11-21)32(20-22-12-8-13-23(30)18-22)27(34)16-9-17-33-29(36)24-14-6-7-15-26(24)39(33,37)38/h3-8,10-15,18,25H,2,9,16-17,19-20H2,1H3,(H,31,35)/t25-/m0/s1. The molecule has 0 radical (unpaired) electrons. The highest BCUT2D eigenvalue weighted by atomic mass is 35.5. The molecule has 1 aliphatic rings. The molecule has 204 valence electrons. The largest absolute Gasteiger partial charge is 0.355 e. The fourth-order valence-corrected chi connectivity index (χ4v) is 6.47. The van der Waals surface area contributed by atoms with E-state index in [1.54, 1.807) is 30.3 Å². The van der Waals surface area contributed by atoms with E-state index >= 15 is 0 Å². The van der Waals surface area contributed by atoms with Crippen LogP contribution in [-0.4, -0.2) is 54.5 Å². The number of fused-ring (bicyclic) bond motifs is 1. The molecule has 10 heteroatoms. The average Bonchev–Trinajstić information content (AvgIpc) is 3.12. The van der Waals surface area contributed by atoms with Gasteiger partial charge in [0.2, 0.25) is 11.8 Å². The summed E-state index contributed by atoms with van der Waals surface area (Å²) in [7, 11) is -3.96. The van der Waals surface area contributed by atoms with Gasteiger partial charge in [-0.05, 0) is 48.7 Å². The summed E-state index contributed by atoms with van der Waals surface area (Å²) in [6.07, 6.45) is 0.353. The Bertz CT molecular complexity index is 1460. The normalized spacial score (nSPS) is 14.5. The summed E-state index contributed by atoms with van der Waals surface area (Å²) < 4.78 is 26.6. The van der Waals surface area contributed by atoms with Crippen LogP contribution in [0.1, 0.15) is 41.3 Å². The number of amides is 3. The van der Waals surface area contributed by atoms with Crippen molar-refractivity contribution in [3.8, 4) is 0 Å². The summed E-state index contributed by atoms with van der Waals surface area (Å²) in [6, 6.07) is 21.8. The van der Waals surface area contributed by atoms with Gasteiger partial charge in [0.25, 0.3) is 15.9 Å². The van der Waals surface area contributed by atoms with E-state index in [1.165, 1.54) is 17.0 Å². The highest BCUT2D eigenvalue weighted by molar-refractivity contribution is 7.90. The Morgan fingerprint density at radius 2 is 1.67 bits per heavy atom. The third-order valence-corrected chi connectivity index (χ3v) is 8.60. The summed E-state index contributed by atoms with van der Waals surface area (Å²) >= 11 is 6.19. The maximum absolute atomic E-state index is 13.7. The first-order valence-electron chi connectivity index (χ1n) is 12.7. The Morgan fingerprint density at radius 3 is 2.36 bits per heavy atom. The number of carbonyl (C=O) groups is 3. The topological polar surface area (TPSA) is 104 Å². The summed E-state index contributed by atoms with van der Waals surface area (Å²) in [5.41, 5.74) is 1.78. The number of hydrogen-bond acceptors (Lipinski definition) is 5. The molecular formula is C29H30ClN3O5S. The maximum atomic E-state index is 13.7. The number of hydrogen-bond donors (Lipinski definition) is 1. The molecule has 3 aromatic rings. The van der Waals surface area contributed by atoms with E-state index in [0.717, 1.165) is 15.4 Å². The second-order valence-electron chi connectivity index (χ2n) is 9.23. The molecule has 8 nitrogen and oxygen atoms in total. The van der Waals surface area contributed by atoms with Crippen LogP contribution in [0.2, 0.25) is 5.02 Å². The van der Waals surface area contributed by atoms with E-state index in [0.29, 0.717) is 18.0 Å². The molecule has 1 aliphatic heterocycles. The number of nitrogens with one attached hydrogen (secondary N) is 1. The number of halogens is 1. The number of nitrogens with zero attached hydrogens (tertiary/aromatic N) is 2. The molecule has 0 aliphatic carbocycles. The molecule has 0 saturated heterocycles. The highest BCUT2D eigenvalue weighted by Gasteiger charge is 2.40. The van der Waals surface area contributed by atoms with Crippen molar-refractivity contribution in [2.45, 2.75) is 43.7 Å². The van der Waals surface area contributed by atoms with Gasteiger partial charge in [-0.25, -0.2) is 12.7 Å². The summed E-state index contributed by atoms with van der Waals surface area (Å²) in [6.45, 7) is 2.21. The Labute approximate surface area is 233 Å². The molecule has 0 spiro atoms. The second-order valence-corrected chi connectivity index (χ2v) is 11.5. The van der Waals surface area contributed by atoms with Gasteiger partial charge in [0.1, 0.15) is 10.9 Å². The summed E-state index contributed by atoms with van der Waals surface area (Å²) in [5, 5.41) is 3.34. The van der Waals surface area contributed by atoms with E-state index in [2.05, 4.69) is 5.32 Å². The van der Waals surface area contributed by atoms with Crippen molar-refractivity contribution in [2.75, 3.05) is 13.1 Å². The number of sulfonamides is 1. The number of rotatable bonds is 11. The van der Waals surface area contributed by atoms with Crippen LogP contribution < -0.4 is 5.32 Å². The molecule has 3 aromatic carbocycles. The van der Waals surface area contributed by atoms with Crippen LogP contribution in [0.25, 0.3) is 0 Å². The molecule has 0 bridgehead atoms. The van der Waals surface area contributed by atoms with Crippen LogP contribution in [-0.2, 0) is 32.6 Å². The lowest BCUT2D eigenvalue weighted by Gasteiger charge is -2.31. The van der Waals surface area contributed by atoms with Gasteiger partial charge in [-0.3, -0.25) is 14.4 Å². The van der Waals surface area contributed by atoms with Crippen molar-refractivity contribution in [1.29, 1.82) is 0 Å². The molecule has 1 N–H and O–H groups in total. The number of benzene rings is 3. The van der Waals surface area contributed by atoms with Crippen molar-refractivity contribution in [1.82, 2.24) is 14.5 Å². The molecule has 1 atom stereocenters. The number of likely N-dealkylation sites (N-methyl/N-ethyl adjacent to an activating group) is 1. The molecular weight excluding hydrogens is 538 g/mol. The van der Waals surface area contributed by atoms with Crippen molar-refractivity contribution >= 4 is 39.3 Å². The Balaban J connectivity index is 1.55. The third-order valence-electron chi connectivity index (χ3n) is 6.53. The number of carbonyl (C=O) groups excluding carboxylic acids is 3. The van der Waals surface area contributed by atoms with Gasteiger partial charge in [-0.2, -0.15) is 0 Å². The maximum Gasteiger partial charge on any atom is 0.269 e. The van der Waals surface area contributed by atoms with E-state index in [4.69, 9.17) is 11.6 Å². The Hall–Kier alpha value is -3.69. The molecule has 0 saturated carbocycles. The van der Waals surface area contributed by atoms with Crippen LogP contribution in [0, 0.1) is 0 Å². The summed E-state index contributed by atoms with van der Waals surface area (Å²) in [4.78, 5) is 41.1. The first-order chi connectivity index (χ1) is 18.7. The molecule has 39 heavy (non-hydrogen) atoms. The van der Waals surface area contributed by atoms with E-state index in [1.807, 2.05) is 43.3 Å². The molecule has 0 aromatic heterocycles. The molecule has 4 rings (SSSR count). The lowest BCUT2D eigenvalue weighted by Crippen LogP contribution is -2.50. The second kappa shape index (κ2) is 12.4. The third kappa shape index (κ3) is 6.49. The van der Waals surface area contributed by atoms with Crippen LogP contribution in [0.4, 0.5) is 0 Å². The van der Waals surface area contributed by atoms with Crippen LogP contribution in [0.3, 0.4) is 0 Å². The molecule has 1 heterocycles. The fraction of sp³-hybridized carbons (Fsp3) is 0.276. The van der Waals surface area contributed by atoms with Crippen molar-refractivity contribution < 1.29 is 22.8 Å². The predicted molar refractivity (Wildman–Crippen MR) is 149 cm³/mol. The Kier molecular flexibility index (Phi) is 9.04. The smallest absolute Gasteiger partial charge is 0.269 e. The van der Waals surface area contributed by atoms with Gasteiger partial charge in [0.05, 0.1) is 5.56 Å². The first kappa shape index (κ1) is 28.3. The fourth-order valence-electron chi connectivity index (χ4n) is 4.65. The summed E-state index contributed by atoms with van der Waals surface area (Å²) in [5.74, 6) is -1.22. The molecule has 0 fully saturated rings. The van der Waals surface area contributed by atoms with Crippen molar-refractivity contribution in [3.05, 3.63) is 101 Å². The van der Waals surface area contributed by atoms with E-state index < -0.39 is 22.0 Å². The predicted octanol–water partition coefficient (Wildman–Crippen LogP) is 4.04. The van der Waals surface area contributed by atoms with Gasteiger partial charge < -0.3 is 10.2 Å². The zero-order chi connectivity index (χ0) is 28.0. The van der Waals surface area contributed by atoms with Gasteiger partial charge in [0, 0.05) is 37.5 Å². The minimum Gasteiger partial charge on any atom is -0.355 e. The zero-order valence-corrected chi connectivity index (χ0v) is 23.1. The minimum atomic E-state index is -3.96. The lowest BCUT2D eigenvalue weighted by molar-refractivity contribution is -0.141. The van der Waals surface area contributed by atoms with Gasteiger partial charge in [0.15, 0.2) is 0 Å². The Morgan fingerprint density at radius 1 is 0.974 bits per heavy atom. The quantitative estimate of drug-likeness (QED) is 0.377. The van der Waals surface area contributed by atoms with Gasteiger partial charge in [-0.1, -0.05) is 66.2 Å². The van der Waals surface area contributed by atoms with Crippen LogP contribution in [0.15, 0.2) is 83.8 Å². The average molecular weight is 568 g/mol.